The Morgan fingerprint density at radius 3 is 2.59 bits per heavy atom. The molecule has 0 fully saturated rings. The molecule has 4 rings (SSSR count). The Hall–Kier alpha value is -2.87. The van der Waals surface area contributed by atoms with Gasteiger partial charge in [0.15, 0.2) is 5.50 Å². The maximum Gasteiger partial charge on any atom is 0.417 e. The van der Waals surface area contributed by atoms with E-state index in [4.69, 9.17) is 0 Å². The van der Waals surface area contributed by atoms with Gasteiger partial charge in [0.2, 0.25) is 0 Å². The van der Waals surface area contributed by atoms with Gasteiger partial charge in [0.1, 0.15) is 5.82 Å². The molecule has 1 aromatic carbocycles. The highest BCUT2D eigenvalue weighted by Gasteiger charge is 2.32. The Morgan fingerprint density at radius 2 is 1.90 bits per heavy atom. The number of rotatable bonds is 3. The number of alkyl halides is 3. The van der Waals surface area contributed by atoms with Gasteiger partial charge in [-0.2, -0.15) is 13.2 Å². The van der Waals surface area contributed by atoms with Crippen LogP contribution >= 0.6 is 11.8 Å². The third kappa shape index (κ3) is 3.72. The number of benzene rings is 1. The Kier molecular flexibility index (Phi) is 5.04. The van der Waals surface area contributed by atoms with Crippen LogP contribution in [0.2, 0.25) is 0 Å². The molecule has 8 heteroatoms. The van der Waals surface area contributed by atoms with E-state index in [1.54, 1.807) is 12.4 Å². The molecule has 1 aliphatic rings. The second kappa shape index (κ2) is 7.51. The first kappa shape index (κ1) is 19.4. The maximum atomic E-state index is 13.0. The summed E-state index contributed by atoms with van der Waals surface area (Å²) in [5, 5.41) is 1.01. The van der Waals surface area contributed by atoms with E-state index in [-0.39, 0.29) is 5.50 Å². The lowest BCUT2D eigenvalue weighted by molar-refractivity contribution is -0.137. The van der Waals surface area contributed by atoms with Gasteiger partial charge in [0.05, 0.1) is 16.8 Å². The standard InChI is InChI=1S/C21H17F3N4S/c1-13-11-27-20(29-2)28(18-8-7-16(12-26-18)21(22,23)24)19(13)15-6-5-14-4-3-9-25-17(14)10-15/h3-12,20H,1-2H3. The summed E-state index contributed by atoms with van der Waals surface area (Å²) in [6.07, 6.45) is 1.86. The van der Waals surface area contributed by atoms with Crippen molar-refractivity contribution in [3.63, 3.8) is 0 Å². The molecule has 3 heterocycles. The van der Waals surface area contributed by atoms with Gasteiger partial charge in [0.25, 0.3) is 0 Å². The number of hydrogen-bond donors (Lipinski definition) is 0. The van der Waals surface area contributed by atoms with Gasteiger partial charge in [-0.3, -0.25) is 14.9 Å². The molecule has 29 heavy (non-hydrogen) atoms. The normalized spacial score (nSPS) is 17.3. The highest BCUT2D eigenvalue weighted by atomic mass is 32.2. The fraction of sp³-hybridized carbons (Fsp3) is 0.190. The third-order valence-corrected chi connectivity index (χ3v) is 5.40. The van der Waals surface area contributed by atoms with E-state index in [1.807, 2.05) is 48.4 Å². The van der Waals surface area contributed by atoms with Crippen LogP contribution in [-0.4, -0.2) is 27.9 Å². The number of allylic oxidation sites excluding steroid dienone is 1. The molecule has 0 saturated heterocycles. The SMILES string of the molecule is CSC1N=CC(C)=C(c2ccc3cccnc3c2)N1c1ccc(C(F)(F)F)cn1. The van der Waals surface area contributed by atoms with Gasteiger partial charge in [-0.1, -0.05) is 18.2 Å². The van der Waals surface area contributed by atoms with Crippen molar-refractivity contribution in [2.45, 2.75) is 18.6 Å². The van der Waals surface area contributed by atoms with Gasteiger partial charge in [-0.05, 0) is 43.0 Å². The van der Waals surface area contributed by atoms with E-state index >= 15 is 0 Å². The molecule has 3 aromatic rings. The number of aliphatic imine (C=N–C) groups is 1. The van der Waals surface area contributed by atoms with Gasteiger partial charge in [0, 0.05) is 29.6 Å². The minimum Gasteiger partial charge on any atom is -0.294 e. The molecule has 148 valence electrons. The largest absolute Gasteiger partial charge is 0.417 e. The van der Waals surface area contributed by atoms with E-state index in [1.165, 1.54) is 17.8 Å². The van der Waals surface area contributed by atoms with Gasteiger partial charge < -0.3 is 0 Å². The quantitative estimate of drug-likeness (QED) is 0.558. The monoisotopic (exact) mass is 414 g/mol. The zero-order valence-electron chi connectivity index (χ0n) is 15.7. The van der Waals surface area contributed by atoms with Crippen LogP contribution in [0.15, 0.2) is 65.4 Å². The van der Waals surface area contributed by atoms with Crippen LogP contribution < -0.4 is 4.90 Å². The number of thioether (sulfide) groups is 1. The Bertz CT molecular complexity index is 1110. The molecule has 0 aliphatic carbocycles. The molecule has 0 spiro atoms. The molecule has 0 saturated carbocycles. The highest BCUT2D eigenvalue weighted by molar-refractivity contribution is 7.99. The third-order valence-electron chi connectivity index (χ3n) is 4.64. The number of pyridine rings is 2. The molecule has 1 unspecified atom stereocenters. The number of halogens is 3. The minimum absolute atomic E-state index is 0.336. The summed E-state index contributed by atoms with van der Waals surface area (Å²) in [6.45, 7) is 1.93. The maximum absolute atomic E-state index is 13.0. The zero-order chi connectivity index (χ0) is 20.6. The molecular formula is C21H17F3N4S. The number of aromatic nitrogens is 2. The van der Waals surface area contributed by atoms with E-state index in [0.29, 0.717) is 5.82 Å². The summed E-state index contributed by atoms with van der Waals surface area (Å²) in [4.78, 5) is 14.9. The molecule has 2 aromatic heterocycles. The Labute approximate surface area is 170 Å². The van der Waals surface area contributed by atoms with Crippen LogP contribution in [0, 0.1) is 0 Å². The van der Waals surface area contributed by atoms with Crippen LogP contribution in [0.3, 0.4) is 0 Å². The first-order valence-corrected chi connectivity index (χ1v) is 10.1. The number of anilines is 1. The summed E-state index contributed by atoms with van der Waals surface area (Å²) >= 11 is 1.48. The van der Waals surface area contributed by atoms with Crippen molar-refractivity contribution in [3.05, 3.63) is 71.6 Å². The van der Waals surface area contributed by atoms with E-state index in [0.717, 1.165) is 40.0 Å². The topological polar surface area (TPSA) is 41.4 Å². The first-order valence-electron chi connectivity index (χ1n) is 8.83. The van der Waals surface area contributed by atoms with Crippen molar-refractivity contribution in [1.82, 2.24) is 9.97 Å². The molecule has 1 aliphatic heterocycles. The molecule has 0 bridgehead atoms. The van der Waals surface area contributed by atoms with Crippen LogP contribution in [0.5, 0.6) is 0 Å². The van der Waals surface area contributed by atoms with Crippen molar-refractivity contribution < 1.29 is 13.2 Å². The molecule has 0 N–H and O–H groups in total. The van der Waals surface area contributed by atoms with Crippen molar-refractivity contribution >= 4 is 40.4 Å². The molecule has 0 amide bonds. The molecule has 1 atom stereocenters. The lowest BCUT2D eigenvalue weighted by Gasteiger charge is -2.35. The van der Waals surface area contributed by atoms with Crippen LogP contribution in [0.4, 0.5) is 19.0 Å². The van der Waals surface area contributed by atoms with Crippen molar-refractivity contribution in [2.75, 3.05) is 11.2 Å². The minimum atomic E-state index is -4.43. The number of fused-ring (bicyclic) bond motifs is 1. The number of nitrogens with zero attached hydrogens (tertiary/aromatic N) is 4. The fourth-order valence-electron chi connectivity index (χ4n) is 3.27. The van der Waals surface area contributed by atoms with Crippen molar-refractivity contribution in [2.24, 2.45) is 4.99 Å². The predicted molar refractivity (Wildman–Crippen MR) is 112 cm³/mol. The summed E-state index contributed by atoms with van der Waals surface area (Å²) in [5.41, 5.74) is 2.37. The predicted octanol–water partition coefficient (Wildman–Crippen LogP) is 5.62. The molecule has 4 nitrogen and oxygen atoms in total. The average Bonchev–Trinajstić information content (AvgIpc) is 2.72. The van der Waals surface area contributed by atoms with E-state index in [2.05, 4.69) is 15.0 Å². The Balaban J connectivity index is 1.83. The lowest BCUT2D eigenvalue weighted by atomic mass is 10.0. The first-order chi connectivity index (χ1) is 13.9. The average molecular weight is 414 g/mol. The highest BCUT2D eigenvalue weighted by Crippen LogP contribution is 2.37. The summed E-state index contributed by atoms with van der Waals surface area (Å²) in [7, 11) is 0. The second-order valence-corrected chi connectivity index (χ2v) is 7.45. The van der Waals surface area contributed by atoms with Crippen molar-refractivity contribution in [3.8, 4) is 0 Å². The van der Waals surface area contributed by atoms with E-state index in [9.17, 15) is 13.2 Å². The Morgan fingerprint density at radius 1 is 1.07 bits per heavy atom. The van der Waals surface area contributed by atoms with Crippen LogP contribution in [0.25, 0.3) is 16.6 Å². The fourth-order valence-corrected chi connectivity index (χ4v) is 3.88. The van der Waals surface area contributed by atoms with Gasteiger partial charge in [-0.15, -0.1) is 11.8 Å². The van der Waals surface area contributed by atoms with Gasteiger partial charge in [-0.25, -0.2) is 4.98 Å². The molecular weight excluding hydrogens is 397 g/mol. The van der Waals surface area contributed by atoms with Crippen molar-refractivity contribution in [1.29, 1.82) is 0 Å². The van der Waals surface area contributed by atoms with Gasteiger partial charge >= 0.3 is 6.18 Å². The summed E-state index contributed by atoms with van der Waals surface area (Å²) in [5.74, 6) is 0.407. The van der Waals surface area contributed by atoms with E-state index < -0.39 is 11.7 Å². The smallest absolute Gasteiger partial charge is 0.294 e. The van der Waals surface area contributed by atoms with Crippen LogP contribution in [0.1, 0.15) is 18.1 Å². The molecule has 0 radical (unpaired) electrons. The summed E-state index contributed by atoms with van der Waals surface area (Å²) in [6, 6.07) is 12.2. The second-order valence-electron chi connectivity index (χ2n) is 6.56. The number of hydrogen-bond acceptors (Lipinski definition) is 5. The summed E-state index contributed by atoms with van der Waals surface area (Å²) < 4.78 is 38.9. The lowest BCUT2D eigenvalue weighted by Crippen LogP contribution is -2.34. The zero-order valence-corrected chi connectivity index (χ0v) is 16.5. The van der Waals surface area contributed by atoms with Crippen LogP contribution in [-0.2, 0) is 6.18 Å².